The third-order valence-corrected chi connectivity index (χ3v) is 2.61. The summed E-state index contributed by atoms with van der Waals surface area (Å²) in [6.07, 6.45) is 9.81. The van der Waals surface area contributed by atoms with Gasteiger partial charge >= 0.3 is 0 Å². The summed E-state index contributed by atoms with van der Waals surface area (Å²) in [7, 11) is 0. The molecule has 0 aromatic carbocycles. The van der Waals surface area contributed by atoms with Crippen LogP contribution in [-0.2, 0) is 0 Å². The predicted octanol–water partition coefficient (Wildman–Crippen LogP) is 3.98. The Morgan fingerprint density at radius 3 is 2.36 bits per heavy atom. The largest absolute Gasteiger partial charge is 0.316 e. The van der Waals surface area contributed by atoms with Crippen molar-refractivity contribution in [2.45, 2.75) is 65.7 Å². The number of rotatable bonds is 4. The number of piperidine rings is 1. The van der Waals surface area contributed by atoms with Crippen molar-refractivity contribution in [3.63, 3.8) is 0 Å². The van der Waals surface area contributed by atoms with Crippen LogP contribution in [0.4, 0.5) is 0 Å². The van der Waals surface area contributed by atoms with Gasteiger partial charge in [0, 0.05) is 0 Å². The summed E-state index contributed by atoms with van der Waals surface area (Å²) in [5.41, 5.74) is 0. The first-order valence-electron chi connectivity index (χ1n) is 6.55. The Hall–Kier alpha value is -0.0400. The fourth-order valence-corrected chi connectivity index (χ4v) is 1.85. The SMILES string of the molecule is CCC.CCCCCC1CCCNC1. The molecule has 0 aromatic rings. The van der Waals surface area contributed by atoms with E-state index >= 15 is 0 Å². The second-order valence-corrected chi connectivity index (χ2v) is 4.42. The second kappa shape index (κ2) is 11.0. The number of unbranched alkanes of at least 4 members (excludes halogenated alkanes) is 2. The number of nitrogens with one attached hydrogen (secondary N) is 1. The molecule has 1 heterocycles. The van der Waals surface area contributed by atoms with Gasteiger partial charge in [-0.3, -0.25) is 0 Å². The molecule has 0 radical (unpaired) electrons. The van der Waals surface area contributed by atoms with Gasteiger partial charge in [0.05, 0.1) is 0 Å². The Morgan fingerprint density at radius 1 is 1.14 bits per heavy atom. The highest BCUT2D eigenvalue weighted by Gasteiger charge is 2.11. The first kappa shape index (κ1) is 14.0. The van der Waals surface area contributed by atoms with Crippen molar-refractivity contribution in [3.05, 3.63) is 0 Å². The standard InChI is InChI=1S/C10H21N.C3H8/c1-2-3-4-6-10-7-5-8-11-9-10;1-3-2/h10-11H,2-9H2,1H3;3H2,1-2H3. The van der Waals surface area contributed by atoms with Gasteiger partial charge < -0.3 is 5.32 Å². The van der Waals surface area contributed by atoms with Crippen LogP contribution in [0.2, 0.25) is 0 Å². The first-order valence-corrected chi connectivity index (χ1v) is 6.55. The van der Waals surface area contributed by atoms with E-state index in [9.17, 15) is 0 Å². The summed E-state index contributed by atoms with van der Waals surface area (Å²) >= 11 is 0. The first-order chi connectivity index (χ1) is 6.85. The van der Waals surface area contributed by atoms with Gasteiger partial charge in [0.2, 0.25) is 0 Å². The maximum atomic E-state index is 3.46. The smallest absolute Gasteiger partial charge is 0.00205 e. The summed E-state index contributed by atoms with van der Waals surface area (Å²) in [6.45, 7) is 9.06. The molecule has 0 saturated carbocycles. The van der Waals surface area contributed by atoms with Crippen LogP contribution in [0.25, 0.3) is 0 Å². The number of hydrogen-bond acceptors (Lipinski definition) is 1. The van der Waals surface area contributed by atoms with E-state index in [0.29, 0.717) is 0 Å². The van der Waals surface area contributed by atoms with Crippen LogP contribution in [0.15, 0.2) is 0 Å². The van der Waals surface area contributed by atoms with Crippen molar-refractivity contribution in [1.29, 1.82) is 0 Å². The minimum absolute atomic E-state index is 0.996. The zero-order valence-electron chi connectivity index (χ0n) is 10.4. The minimum atomic E-state index is 0.996. The van der Waals surface area contributed by atoms with Crippen molar-refractivity contribution in [1.82, 2.24) is 5.32 Å². The summed E-state index contributed by atoms with van der Waals surface area (Å²) in [4.78, 5) is 0. The Labute approximate surface area is 90.7 Å². The van der Waals surface area contributed by atoms with Gasteiger partial charge in [-0.25, -0.2) is 0 Å². The fraction of sp³-hybridized carbons (Fsp3) is 1.00. The molecule has 1 atom stereocenters. The van der Waals surface area contributed by atoms with Crippen molar-refractivity contribution in [3.8, 4) is 0 Å². The van der Waals surface area contributed by atoms with E-state index in [4.69, 9.17) is 0 Å². The van der Waals surface area contributed by atoms with Gasteiger partial charge in [0.15, 0.2) is 0 Å². The van der Waals surface area contributed by atoms with Crippen LogP contribution < -0.4 is 5.32 Å². The molecule has 1 nitrogen and oxygen atoms in total. The number of hydrogen-bond donors (Lipinski definition) is 1. The molecule has 1 fully saturated rings. The lowest BCUT2D eigenvalue weighted by Gasteiger charge is -2.22. The molecule has 1 rings (SSSR count). The average molecular weight is 199 g/mol. The lowest BCUT2D eigenvalue weighted by molar-refractivity contribution is 0.347. The molecule has 1 N–H and O–H groups in total. The van der Waals surface area contributed by atoms with E-state index in [0.717, 1.165) is 5.92 Å². The zero-order chi connectivity index (χ0) is 10.6. The lowest BCUT2D eigenvalue weighted by Crippen LogP contribution is -2.29. The lowest BCUT2D eigenvalue weighted by atomic mass is 9.94. The normalized spacial score (nSPS) is 21.2. The summed E-state index contributed by atoms with van der Waals surface area (Å²) in [6, 6.07) is 0. The quantitative estimate of drug-likeness (QED) is 0.675. The molecule has 0 aliphatic carbocycles. The van der Waals surface area contributed by atoms with E-state index in [1.54, 1.807) is 0 Å². The van der Waals surface area contributed by atoms with Gasteiger partial charge in [-0.05, 0) is 38.3 Å². The molecule has 1 saturated heterocycles. The van der Waals surface area contributed by atoms with Crippen molar-refractivity contribution in [2.75, 3.05) is 13.1 Å². The van der Waals surface area contributed by atoms with Gasteiger partial charge in [-0.1, -0.05) is 46.5 Å². The van der Waals surface area contributed by atoms with Crippen molar-refractivity contribution < 1.29 is 0 Å². The van der Waals surface area contributed by atoms with Crippen LogP contribution in [0.3, 0.4) is 0 Å². The Kier molecular flexibility index (Phi) is 11.0. The van der Waals surface area contributed by atoms with Crippen LogP contribution in [-0.4, -0.2) is 13.1 Å². The zero-order valence-corrected chi connectivity index (χ0v) is 10.4. The van der Waals surface area contributed by atoms with E-state index in [1.165, 1.54) is 58.0 Å². The molecule has 0 bridgehead atoms. The molecule has 0 spiro atoms. The van der Waals surface area contributed by atoms with Crippen LogP contribution in [0.1, 0.15) is 65.7 Å². The molecule has 1 heteroatoms. The molecule has 86 valence electrons. The van der Waals surface area contributed by atoms with E-state index in [1.807, 2.05) is 0 Å². The van der Waals surface area contributed by atoms with Crippen LogP contribution >= 0.6 is 0 Å². The molecule has 1 aliphatic rings. The third kappa shape index (κ3) is 8.55. The highest BCUT2D eigenvalue weighted by molar-refractivity contribution is 4.68. The highest BCUT2D eigenvalue weighted by Crippen LogP contribution is 2.17. The Morgan fingerprint density at radius 2 is 1.86 bits per heavy atom. The molecule has 1 aliphatic heterocycles. The maximum Gasteiger partial charge on any atom is -0.00205 e. The molecular weight excluding hydrogens is 170 g/mol. The molecular formula is C13H29N. The minimum Gasteiger partial charge on any atom is -0.316 e. The summed E-state index contributed by atoms with van der Waals surface area (Å²) in [5.74, 6) is 0.996. The molecule has 14 heavy (non-hydrogen) atoms. The molecule has 0 aromatic heterocycles. The monoisotopic (exact) mass is 199 g/mol. The summed E-state index contributed by atoms with van der Waals surface area (Å²) in [5, 5.41) is 3.46. The van der Waals surface area contributed by atoms with Crippen molar-refractivity contribution >= 4 is 0 Å². The fourth-order valence-electron chi connectivity index (χ4n) is 1.85. The topological polar surface area (TPSA) is 12.0 Å². The predicted molar refractivity (Wildman–Crippen MR) is 65.7 cm³/mol. The maximum absolute atomic E-state index is 3.46. The Bertz CT molecular complexity index is 95.4. The van der Waals surface area contributed by atoms with Gasteiger partial charge in [0.25, 0.3) is 0 Å². The van der Waals surface area contributed by atoms with Gasteiger partial charge in [0.1, 0.15) is 0 Å². The van der Waals surface area contributed by atoms with Crippen LogP contribution in [0, 0.1) is 5.92 Å². The van der Waals surface area contributed by atoms with E-state index in [2.05, 4.69) is 26.1 Å². The van der Waals surface area contributed by atoms with Gasteiger partial charge in [-0.15, -0.1) is 0 Å². The molecule has 1 unspecified atom stereocenters. The highest BCUT2D eigenvalue weighted by atomic mass is 14.9. The van der Waals surface area contributed by atoms with Gasteiger partial charge in [-0.2, -0.15) is 0 Å². The average Bonchev–Trinajstić information content (AvgIpc) is 2.21. The third-order valence-electron chi connectivity index (χ3n) is 2.61. The van der Waals surface area contributed by atoms with E-state index < -0.39 is 0 Å². The summed E-state index contributed by atoms with van der Waals surface area (Å²) < 4.78 is 0. The van der Waals surface area contributed by atoms with E-state index in [-0.39, 0.29) is 0 Å². The van der Waals surface area contributed by atoms with Crippen LogP contribution in [0.5, 0.6) is 0 Å². The second-order valence-electron chi connectivity index (χ2n) is 4.42. The molecule has 0 amide bonds. The Balaban J connectivity index is 0.000000500. The van der Waals surface area contributed by atoms with Crippen molar-refractivity contribution in [2.24, 2.45) is 5.92 Å².